The van der Waals surface area contributed by atoms with Crippen molar-refractivity contribution in [2.75, 3.05) is 5.32 Å². The Morgan fingerprint density at radius 1 is 0.944 bits per heavy atom. The van der Waals surface area contributed by atoms with Gasteiger partial charge in [-0.2, -0.15) is 0 Å². The van der Waals surface area contributed by atoms with Crippen molar-refractivity contribution in [3.8, 4) is 17.2 Å². The standard InChI is InChI=1S/C20H21Br2NO5.C4H10.2C2H6/c1-9(2)14-8-13(5-10(3)17(14)24)28-18-15(21)6-12(7-16(18)22)23-19(25)11(4)20(26)27;1-3-4-2;2*1-2/h5-9,11,24H,1-4H3,(H,23,25)(H,26,27);3-4H2,1-2H3;2*1-2H3. The molecule has 1 atom stereocenters. The first-order chi connectivity index (χ1) is 16.9. The summed E-state index contributed by atoms with van der Waals surface area (Å²) >= 11 is 6.84. The number of aryl methyl sites for hydroxylation is 1. The van der Waals surface area contributed by atoms with Gasteiger partial charge >= 0.3 is 5.97 Å². The summed E-state index contributed by atoms with van der Waals surface area (Å²) in [7, 11) is 0. The smallest absolute Gasteiger partial charge is 0.315 e. The van der Waals surface area contributed by atoms with Crippen molar-refractivity contribution in [1.82, 2.24) is 0 Å². The van der Waals surface area contributed by atoms with Crippen LogP contribution in [-0.2, 0) is 9.59 Å². The summed E-state index contributed by atoms with van der Waals surface area (Å²) in [6, 6.07) is 6.78. The van der Waals surface area contributed by atoms with E-state index in [1.54, 1.807) is 31.2 Å². The van der Waals surface area contributed by atoms with E-state index in [1.165, 1.54) is 19.8 Å². The minimum absolute atomic E-state index is 0.128. The third-order valence-corrected chi connectivity index (χ3v) is 5.85. The Morgan fingerprint density at radius 2 is 1.42 bits per heavy atom. The van der Waals surface area contributed by atoms with E-state index in [1.807, 2.05) is 41.5 Å². The van der Waals surface area contributed by atoms with Crippen molar-refractivity contribution >= 4 is 49.4 Å². The van der Waals surface area contributed by atoms with Gasteiger partial charge in [-0.15, -0.1) is 0 Å². The first-order valence-electron chi connectivity index (χ1n) is 12.5. The van der Waals surface area contributed by atoms with Crippen molar-refractivity contribution in [3.63, 3.8) is 0 Å². The summed E-state index contributed by atoms with van der Waals surface area (Å²) in [5.74, 6) is -1.53. The predicted octanol–water partition coefficient (Wildman–Crippen LogP) is 9.66. The molecule has 0 bridgehead atoms. The summed E-state index contributed by atoms with van der Waals surface area (Å²) in [6.07, 6.45) is 2.64. The van der Waals surface area contributed by atoms with E-state index in [2.05, 4.69) is 51.0 Å². The van der Waals surface area contributed by atoms with Gasteiger partial charge in [0.15, 0.2) is 5.75 Å². The second-order valence-corrected chi connectivity index (χ2v) is 9.46. The number of benzene rings is 2. The first kappa shape index (κ1) is 36.1. The van der Waals surface area contributed by atoms with Gasteiger partial charge in [0.2, 0.25) is 5.91 Å². The molecule has 0 spiro atoms. The summed E-state index contributed by atoms with van der Waals surface area (Å²) in [5.41, 5.74) is 1.92. The molecule has 8 heteroatoms. The minimum atomic E-state index is -1.20. The fraction of sp³-hybridized carbons (Fsp3) is 0.500. The zero-order chi connectivity index (χ0) is 28.6. The number of phenols is 1. The monoisotopic (exact) mass is 631 g/mol. The van der Waals surface area contributed by atoms with Crippen LogP contribution in [0.4, 0.5) is 5.69 Å². The molecular formula is C28H43Br2NO5. The Kier molecular flexibility index (Phi) is 19.2. The molecule has 1 amide bonds. The van der Waals surface area contributed by atoms with E-state index in [4.69, 9.17) is 9.84 Å². The van der Waals surface area contributed by atoms with Crippen LogP contribution in [0.15, 0.2) is 33.2 Å². The molecule has 3 N–H and O–H groups in total. The number of unbranched alkanes of at least 4 members (excludes halogenated alkanes) is 1. The number of carbonyl (C=O) groups excluding carboxylic acids is 1. The van der Waals surface area contributed by atoms with Crippen LogP contribution >= 0.6 is 31.9 Å². The number of carboxylic acid groups (broad SMARTS) is 1. The molecule has 1 unspecified atom stereocenters. The molecule has 0 aliphatic heterocycles. The molecule has 0 aliphatic rings. The largest absolute Gasteiger partial charge is 0.507 e. The van der Waals surface area contributed by atoms with Crippen molar-refractivity contribution in [1.29, 1.82) is 0 Å². The number of hydrogen-bond acceptors (Lipinski definition) is 4. The van der Waals surface area contributed by atoms with Crippen LogP contribution in [0.5, 0.6) is 17.2 Å². The molecule has 36 heavy (non-hydrogen) atoms. The van der Waals surface area contributed by atoms with Crippen molar-refractivity contribution in [3.05, 3.63) is 44.3 Å². The molecule has 0 aromatic heterocycles. The van der Waals surface area contributed by atoms with Crippen LogP contribution in [0.1, 0.15) is 92.2 Å². The van der Waals surface area contributed by atoms with Crippen molar-refractivity contribution in [2.45, 2.75) is 88.0 Å². The second kappa shape index (κ2) is 19.1. The average Bonchev–Trinajstić information content (AvgIpc) is 2.85. The van der Waals surface area contributed by atoms with Gasteiger partial charge in [0.1, 0.15) is 17.4 Å². The normalized spacial score (nSPS) is 10.5. The zero-order valence-corrected chi connectivity index (χ0v) is 26.4. The molecule has 204 valence electrons. The lowest BCUT2D eigenvalue weighted by Gasteiger charge is -2.16. The van der Waals surface area contributed by atoms with E-state index < -0.39 is 17.8 Å². The number of hydrogen-bond donors (Lipinski definition) is 3. The minimum Gasteiger partial charge on any atom is -0.507 e. The number of halogens is 2. The topological polar surface area (TPSA) is 95.9 Å². The van der Waals surface area contributed by atoms with E-state index >= 15 is 0 Å². The summed E-state index contributed by atoms with van der Waals surface area (Å²) in [4.78, 5) is 22.9. The molecule has 2 aromatic rings. The second-order valence-electron chi connectivity index (χ2n) is 7.75. The van der Waals surface area contributed by atoms with Gasteiger partial charge in [-0.3, -0.25) is 9.59 Å². The van der Waals surface area contributed by atoms with Crippen LogP contribution in [0.2, 0.25) is 0 Å². The number of rotatable bonds is 7. The maximum absolute atomic E-state index is 11.9. The number of aliphatic carboxylic acids is 1. The van der Waals surface area contributed by atoms with E-state index in [9.17, 15) is 14.7 Å². The number of ether oxygens (including phenoxy) is 1. The van der Waals surface area contributed by atoms with Gasteiger partial charge in [0.25, 0.3) is 0 Å². The van der Waals surface area contributed by atoms with Crippen molar-refractivity contribution < 1.29 is 24.5 Å². The number of anilines is 1. The number of phenolic OH excluding ortho intramolecular Hbond substituents is 1. The molecular weight excluding hydrogens is 590 g/mol. The number of carbonyl (C=O) groups is 2. The third kappa shape index (κ3) is 11.8. The maximum Gasteiger partial charge on any atom is 0.315 e. The molecule has 2 rings (SSSR count). The first-order valence-corrected chi connectivity index (χ1v) is 14.0. The number of carboxylic acids is 1. The lowest BCUT2D eigenvalue weighted by atomic mass is 9.99. The summed E-state index contributed by atoms with van der Waals surface area (Å²) in [5, 5.41) is 21.7. The van der Waals surface area contributed by atoms with Crippen molar-refractivity contribution in [2.24, 2.45) is 5.92 Å². The van der Waals surface area contributed by atoms with Gasteiger partial charge in [0.05, 0.1) is 8.95 Å². The SMILES string of the molecule is CC.CC.CCCC.Cc1cc(Oc2c(Br)cc(NC(=O)C(C)C(=O)O)cc2Br)cc(C(C)C)c1O. The van der Waals surface area contributed by atoms with Crippen LogP contribution in [0, 0.1) is 12.8 Å². The number of nitrogens with one attached hydrogen (secondary N) is 1. The summed E-state index contributed by atoms with van der Waals surface area (Å²) < 4.78 is 7.13. The lowest BCUT2D eigenvalue weighted by molar-refractivity contribution is -0.144. The van der Waals surface area contributed by atoms with Gasteiger partial charge in [-0.05, 0) is 81.5 Å². The van der Waals surface area contributed by atoms with E-state index in [0.717, 1.165) is 5.56 Å². The molecule has 0 saturated carbocycles. The highest BCUT2D eigenvalue weighted by atomic mass is 79.9. The Hall–Kier alpha value is -2.06. The number of amides is 1. The molecule has 0 fully saturated rings. The Morgan fingerprint density at radius 3 is 1.81 bits per heavy atom. The molecule has 0 radical (unpaired) electrons. The third-order valence-electron chi connectivity index (χ3n) is 4.67. The van der Waals surface area contributed by atoms with E-state index in [0.29, 0.717) is 31.7 Å². The van der Waals surface area contributed by atoms with Crippen LogP contribution in [0.3, 0.4) is 0 Å². The highest BCUT2D eigenvalue weighted by Crippen LogP contribution is 2.41. The fourth-order valence-electron chi connectivity index (χ4n) is 2.48. The van der Waals surface area contributed by atoms with Crippen LogP contribution in [0.25, 0.3) is 0 Å². The van der Waals surface area contributed by atoms with Gasteiger partial charge in [0, 0.05) is 11.3 Å². The Bertz CT molecular complexity index is 936. The Balaban J connectivity index is 0. The van der Waals surface area contributed by atoms with E-state index in [-0.39, 0.29) is 11.7 Å². The maximum atomic E-state index is 11.9. The van der Waals surface area contributed by atoms with Crippen LogP contribution < -0.4 is 10.1 Å². The molecule has 2 aromatic carbocycles. The fourth-order valence-corrected chi connectivity index (χ4v) is 3.83. The lowest BCUT2D eigenvalue weighted by Crippen LogP contribution is -2.26. The quantitative estimate of drug-likeness (QED) is 0.264. The predicted molar refractivity (Wildman–Crippen MR) is 158 cm³/mol. The number of aromatic hydroxyl groups is 1. The van der Waals surface area contributed by atoms with Gasteiger partial charge in [-0.25, -0.2) is 0 Å². The zero-order valence-electron chi connectivity index (χ0n) is 23.3. The highest BCUT2D eigenvalue weighted by Gasteiger charge is 2.21. The molecule has 0 aliphatic carbocycles. The van der Waals surface area contributed by atoms with Crippen LogP contribution in [-0.4, -0.2) is 22.1 Å². The summed E-state index contributed by atoms with van der Waals surface area (Å²) in [6.45, 7) is 19.5. The molecule has 0 heterocycles. The average molecular weight is 633 g/mol. The van der Waals surface area contributed by atoms with Gasteiger partial charge in [-0.1, -0.05) is 68.2 Å². The Labute approximate surface area is 234 Å². The molecule has 0 saturated heterocycles. The highest BCUT2D eigenvalue weighted by molar-refractivity contribution is 9.11. The molecule has 6 nitrogen and oxygen atoms in total. The van der Waals surface area contributed by atoms with Gasteiger partial charge < -0.3 is 20.3 Å².